The molecule has 0 saturated carbocycles. The van der Waals surface area contributed by atoms with E-state index in [2.05, 4.69) is 6.92 Å². The zero-order valence-corrected chi connectivity index (χ0v) is 10.8. The number of Topliss-reactive ketones (excluding diaryl/α,β-unsaturated/α-hetero) is 1. The van der Waals surface area contributed by atoms with Gasteiger partial charge in [0.25, 0.3) is 0 Å². The van der Waals surface area contributed by atoms with Gasteiger partial charge in [0.2, 0.25) is 0 Å². The lowest BCUT2D eigenvalue weighted by Crippen LogP contribution is -2.00. The third kappa shape index (κ3) is 5.13. The van der Waals surface area contributed by atoms with Crippen molar-refractivity contribution >= 4 is 11.8 Å². The van der Waals surface area contributed by atoms with Gasteiger partial charge in [-0.3, -0.25) is 9.59 Å². The fourth-order valence-electron chi connectivity index (χ4n) is 1.79. The number of carbonyl (C=O) groups excluding carboxylic acids is 1. The SMILES string of the molecule is CCCCCC(=O)c1ccc(CCC(=O)O)cc1. The molecule has 0 aliphatic rings. The summed E-state index contributed by atoms with van der Waals surface area (Å²) in [6, 6.07) is 7.28. The highest BCUT2D eigenvalue weighted by atomic mass is 16.4. The Bertz CT molecular complexity index is 393. The number of carboxylic acids is 1. The smallest absolute Gasteiger partial charge is 0.303 e. The first-order chi connectivity index (χ1) is 8.63. The molecule has 0 aliphatic heterocycles. The number of benzene rings is 1. The number of aliphatic carboxylic acids is 1. The average Bonchev–Trinajstić information content (AvgIpc) is 2.37. The number of ketones is 1. The minimum absolute atomic E-state index is 0.129. The Morgan fingerprint density at radius 2 is 1.72 bits per heavy atom. The molecule has 0 fully saturated rings. The summed E-state index contributed by atoms with van der Waals surface area (Å²) in [6.07, 6.45) is 4.38. The van der Waals surface area contributed by atoms with Crippen LogP contribution in [0.1, 0.15) is 54.9 Å². The predicted molar refractivity (Wildman–Crippen MR) is 70.9 cm³/mol. The largest absolute Gasteiger partial charge is 0.481 e. The molecular formula is C15H20O3. The summed E-state index contributed by atoms with van der Waals surface area (Å²) in [7, 11) is 0. The van der Waals surface area contributed by atoms with Crippen LogP contribution in [0.2, 0.25) is 0 Å². The summed E-state index contributed by atoms with van der Waals surface area (Å²) >= 11 is 0. The molecule has 0 radical (unpaired) electrons. The standard InChI is InChI=1S/C15H20O3/c1-2-3-4-5-14(16)13-9-6-12(7-10-13)8-11-15(17)18/h6-7,9-10H,2-5,8,11H2,1H3,(H,17,18). The van der Waals surface area contributed by atoms with Crippen LogP contribution in [0.5, 0.6) is 0 Å². The van der Waals surface area contributed by atoms with Crippen molar-refractivity contribution in [1.82, 2.24) is 0 Å². The maximum atomic E-state index is 11.8. The Labute approximate surface area is 108 Å². The van der Waals surface area contributed by atoms with Gasteiger partial charge in [-0.15, -0.1) is 0 Å². The summed E-state index contributed by atoms with van der Waals surface area (Å²) in [5, 5.41) is 8.58. The molecule has 0 unspecified atom stereocenters. The molecule has 3 nitrogen and oxygen atoms in total. The molecule has 98 valence electrons. The number of unbranched alkanes of at least 4 members (excludes halogenated alkanes) is 2. The highest BCUT2D eigenvalue weighted by Crippen LogP contribution is 2.11. The summed E-state index contributed by atoms with van der Waals surface area (Å²) in [6.45, 7) is 2.11. The minimum Gasteiger partial charge on any atom is -0.481 e. The lowest BCUT2D eigenvalue weighted by Gasteiger charge is -2.03. The van der Waals surface area contributed by atoms with Crippen LogP contribution in [-0.4, -0.2) is 16.9 Å². The Hall–Kier alpha value is -1.64. The molecule has 0 bridgehead atoms. The zero-order chi connectivity index (χ0) is 13.4. The molecule has 18 heavy (non-hydrogen) atoms. The molecular weight excluding hydrogens is 228 g/mol. The normalized spacial score (nSPS) is 10.3. The van der Waals surface area contributed by atoms with Gasteiger partial charge >= 0.3 is 5.97 Å². The van der Waals surface area contributed by atoms with Crippen LogP contribution in [0.4, 0.5) is 0 Å². The molecule has 1 rings (SSSR count). The van der Waals surface area contributed by atoms with Crippen molar-refractivity contribution in [3.8, 4) is 0 Å². The fourth-order valence-corrected chi connectivity index (χ4v) is 1.79. The zero-order valence-electron chi connectivity index (χ0n) is 10.8. The van der Waals surface area contributed by atoms with Crippen molar-refractivity contribution in [3.05, 3.63) is 35.4 Å². The minimum atomic E-state index is -0.797. The van der Waals surface area contributed by atoms with Crippen LogP contribution >= 0.6 is 0 Å². The third-order valence-corrected chi connectivity index (χ3v) is 2.91. The van der Waals surface area contributed by atoms with E-state index < -0.39 is 5.97 Å². The van der Waals surface area contributed by atoms with Gasteiger partial charge in [0, 0.05) is 18.4 Å². The van der Waals surface area contributed by atoms with Gasteiger partial charge < -0.3 is 5.11 Å². The summed E-state index contributed by atoms with van der Waals surface area (Å²) < 4.78 is 0. The van der Waals surface area contributed by atoms with Gasteiger partial charge in [-0.2, -0.15) is 0 Å². The number of hydrogen-bond acceptors (Lipinski definition) is 2. The number of carboxylic acid groups (broad SMARTS) is 1. The topological polar surface area (TPSA) is 54.4 Å². The molecule has 1 aromatic rings. The molecule has 1 N–H and O–H groups in total. The number of rotatable bonds is 8. The molecule has 0 heterocycles. The van der Waals surface area contributed by atoms with E-state index in [1.165, 1.54) is 0 Å². The molecule has 3 heteroatoms. The van der Waals surface area contributed by atoms with Crippen molar-refractivity contribution < 1.29 is 14.7 Å². The monoisotopic (exact) mass is 248 g/mol. The summed E-state index contributed by atoms with van der Waals surface area (Å²) in [4.78, 5) is 22.2. The lowest BCUT2D eigenvalue weighted by atomic mass is 10.0. The van der Waals surface area contributed by atoms with Gasteiger partial charge in [0.1, 0.15) is 0 Å². The van der Waals surface area contributed by atoms with Crippen LogP contribution in [-0.2, 0) is 11.2 Å². The van der Waals surface area contributed by atoms with Crippen LogP contribution in [0.3, 0.4) is 0 Å². The number of aryl methyl sites for hydroxylation is 1. The highest BCUT2D eigenvalue weighted by molar-refractivity contribution is 5.96. The summed E-state index contributed by atoms with van der Waals surface area (Å²) in [5.74, 6) is -0.622. The molecule has 1 aromatic carbocycles. The maximum Gasteiger partial charge on any atom is 0.303 e. The van der Waals surface area contributed by atoms with E-state index in [0.29, 0.717) is 12.8 Å². The van der Waals surface area contributed by atoms with E-state index in [1.807, 2.05) is 12.1 Å². The first kappa shape index (κ1) is 14.4. The van der Waals surface area contributed by atoms with E-state index in [-0.39, 0.29) is 12.2 Å². The number of carbonyl (C=O) groups is 2. The van der Waals surface area contributed by atoms with Crippen LogP contribution in [0.15, 0.2) is 24.3 Å². The molecule has 0 atom stereocenters. The second kappa shape index (κ2) is 7.64. The molecule has 0 spiro atoms. The van der Waals surface area contributed by atoms with Gasteiger partial charge in [0.15, 0.2) is 5.78 Å². The lowest BCUT2D eigenvalue weighted by molar-refractivity contribution is -0.136. The van der Waals surface area contributed by atoms with Crippen LogP contribution < -0.4 is 0 Å². The predicted octanol–water partition coefficient (Wildman–Crippen LogP) is 3.47. The Morgan fingerprint density at radius 3 is 2.28 bits per heavy atom. The Morgan fingerprint density at radius 1 is 1.06 bits per heavy atom. The van der Waals surface area contributed by atoms with Gasteiger partial charge in [0.05, 0.1) is 0 Å². The van der Waals surface area contributed by atoms with Crippen molar-refractivity contribution in [1.29, 1.82) is 0 Å². The first-order valence-corrected chi connectivity index (χ1v) is 6.47. The van der Waals surface area contributed by atoms with Crippen molar-refractivity contribution in [2.24, 2.45) is 0 Å². The van der Waals surface area contributed by atoms with E-state index >= 15 is 0 Å². The average molecular weight is 248 g/mol. The second-order valence-corrected chi connectivity index (χ2v) is 4.47. The van der Waals surface area contributed by atoms with Gasteiger partial charge in [-0.25, -0.2) is 0 Å². The fraction of sp³-hybridized carbons (Fsp3) is 0.467. The van der Waals surface area contributed by atoms with E-state index in [4.69, 9.17) is 5.11 Å². The molecule has 0 aliphatic carbocycles. The maximum absolute atomic E-state index is 11.8. The molecule has 0 amide bonds. The van der Waals surface area contributed by atoms with Crippen molar-refractivity contribution in [2.45, 2.75) is 45.4 Å². The van der Waals surface area contributed by atoms with E-state index in [0.717, 1.165) is 30.4 Å². The van der Waals surface area contributed by atoms with E-state index in [1.54, 1.807) is 12.1 Å². The van der Waals surface area contributed by atoms with Crippen LogP contribution in [0.25, 0.3) is 0 Å². The number of hydrogen-bond donors (Lipinski definition) is 1. The molecule has 0 aromatic heterocycles. The highest BCUT2D eigenvalue weighted by Gasteiger charge is 2.05. The van der Waals surface area contributed by atoms with Crippen molar-refractivity contribution in [3.63, 3.8) is 0 Å². The molecule has 0 saturated heterocycles. The Kier molecular flexibility index (Phi) is 6.12. The van der Waals surface area contributed by atoms with Crippen molar-refractivity contribution in [2.75, 3.05) is 0 Å². The third-order valence-electron chi connectivity index (χ3n) is 2.91. The van der Waals surface area contributed by atoms with E-state index in [9.17, 15) is 9.59 Å². The second-order valence-electron chi connectivity index (χ2n) is 4.47. The van der Waals surface area contributed by atoms with Gasteiger partial charge in [-0.1, -0.05) is 44.0 Å². The van der Waals surface area contributed by atoms with Gasteiger partial charge in [-0.05, 0) is 18.4 Å². The van der Waals surface area contributed by atoms with Crippen LogP contribution in [0, 0.1) is 0 Å². The quantitative estimate of drug-likeness (QED) is 0.566. The Balaban J connectivity index is 2.48. The first-order valence-electron chi connectivity index (χ1n) is 6.47. The summed E-state index contributed by atoms with van der Waals surface area (Å²) in [5.41, 5.74) is 1.69.